The van der Waals surface area contributed by atoms with Crippen LogP contribution in [0.5, 0.6) is 0 Å². The van der Waals surface area contributed by atoms with Crippen LogP contribution in [0.4, 0.5) is 0 Å². The molecule has 0 aliphatic carbocycles. The zero-order valence-electron chi connectivity index (χ0n) is 13.2. The third-order valence-corrected chi connectivity index (χ3v) is 3.82. The maximum atomic E-state index is 5.06. The van der Waals surface area contributed by atoms with E-state index in [1.165, 1.54) is 35.1 Å². The van der Waals surface area contributed by atoms with Gasteiger partial charge in [-0.15, -0.1) is 0 Å². The Hall–Kier alpha value is -0.860. The number of hydrogen-bond donors (Lipinski definition) is 1. The first-order chi connectivity index (χ1) is 9.06. The lowest BCUT2D eigenvalue weighted by Gasteiger charge is -2.18. The van der Waals surface area contributed by atoms with Crippen molar-refractivity contribution in [2.24, 2.45) is 0 Å². The van der Waals surface area contributed by atoms with E-state index in [0.29, 0.717) is 6.04 Å². The van der Waals surface area contributed by atoms with Crippen molar-refractivity contribution in [3.05, 3.63) is 34.4 Å². The Balaban J connectivity index is 2.41. The molecule has 108 valence electrons. The third-order valence-electron chi connectivity index (χ3n) is 3.82. The molecule has 0 aliphatic rings. The molecule has 0 spiro atoms. The molecular formula is C17H29NO. The van der Waals surface area contributed by atoms with Gasteiger partial charge in [-0.1, -0.05) is 12.1 Å². The quantitative estimate of drug-likeness (QED) is 0.714. The lowest BCUT2D eigenvalue weighted by molar-refractivity contribution is 0.192. The Kier molecular flexibility index (Phi) is 7.11. The fourth-order valence-electron chi connectivity index (χ4n) is 2.43. The molecule has 2 nitrogen and oxygen atoms in total. The number of ether oxygens (including phenoxy) is 1. The van der Waals surface area contributed by atoms with Gasteiger partial charge >= 0.3 is 0 Å². The molecule has 0 aliphatic heterocycles. The topological polar surface area (TPSA) is 21.3 Å². The summed E-state index contributed by atoms with van der Waals surface area (Å²) < 4.78 is 5.06. The van der Waals surface area contributed by atoms with Crippen LogP contribution in [0.25, 0.3) is 0 Å². The molecule has 1 unspecified atom stereocenters. The molecule has 1 aromatic rings. The minimum absolute atomic E-state index is 0.432. The monoisotopic (exact) mass is 263 g/mol. The maximum absolute atomic E-state index is 5.06. The van der Waals surface area contributed by atoms with Crippen LogP contribution in [-0.4, -0.2) is 20.3 Å². The fourth-order valence-corrected chi connectivity index (χ4v) is 2.43. The normalized spacial score (nSPS) is 12.7. The van der Waals surface area contributed by atoms with Crippen LogP contribution in [0.1, 0.15) is 54.5 Å². The van der Waals surface area contributed by atoms with Crippen LogP contribution in [0, 0.1) is 20.8 Å². The number of methoxy groups -OCH3 is 1. The third kappa shape index (κ3) is 5.33. The van der Waals surface area contributed by atoms with Crippen LogP contribution in [0.3, 0.4) is 0 Å². The van der Waals surface area contributed by atoms with Gasteiger partial charge < -0.3 is 10.1 Å². The second kappa shape index (κ2) is 8.34. The predicted octanol–water partition coefficient (Wildman–Crippen LogP) is 4.08. The van der Waals surface area contributed by atoms with Gasteiger partial charge in [-0.2, -0.15) is 0 Å². The first kappa shape index (κ1) is 16.2. The predicted molar refractivity (Wildman–Crippen MR) is 82.8 cm³/mol. The van der Waals surface area contributed by atoms with Gasteiger partial charge in [0.15, 0.2) is 0 Å². The average Bonchev–Trinajstić information content (AvgIpc) is 2.37. The summed E-state index contributed by atoms with van der Waals surface area (Å²) in [5.41, 5.74) is 5.59. The SMILES string of the molecule is COCCCCCNC(C)c1cc(C)c(C)cc1C. The smallest absolute Gasteiger partial charge is 0.0462 e. The van der Waals surface area contributed by atoms with Gasteiger partial charge in [-0.25, -0.2) is 0 Å². The van der Waals surface area contributed by atoms with Crippen LogP contribution in [-0.2, 0) is 4.74 Å². The van der Waals surface area contributed by atoms with Crippen LogP contribution >= 0.6 is 0 Å². The number of benzene rings is 1. The van der Waals surface area contributed by atoms with E-state index in [9.17, 15) is 0 Å². The summed E-state index contributed by atoms with van der Waals surface area (Å²) in [6.07, 6.45) is 3.62. The molecule has 0 amide bonds. The Labute approximate surface area is 118 Å². The largest absolute Gasteiger partial charge is 0.385 e. The second-order valence-corrected chi connectivity index (χ2v) is 5.52. The van der Waals surface area contributed by atoms with Gasteiger partial charge in [0.1, 0.15) is 0 Å². The molecule has 0 radical (unpaired) electrons. The molecule has 0 aromatic heterocycles. The van der Waals surface area contributed by atoms with E-state index in [4.69, 9.17) is 4.74 Å². The van der Waals surface area contributed by atoms with Crippen molar-refractivity contribution in [2.45, 2.75) is 53.0 Å². The molecule has 1 aromatic carbocycles. The van der Waals surface area contributed by atoms with Crippen molar-refractivity contribution in [1.29, 1.82) is 0 Å². The highest BCUT2D eigenvalue weighted by Crippen LogP contribution is 2.21. The summed E-state index contributed by atoms with van der Waals surface area (Å²) in [5, 5.41) is 3.62. The summed E-state index contributed by atoms with van der Waals surface area (Å²) in [6.45, 7) is 10.8. The maximum Gasteiger partial charge on any atom is 0.0462 e. The highest BCUT2D eigenvalue weighted by molar-refractivity contribution is 5.37. The van der Waals surface area contributed by atoms with Gasteiger partial charge in [0, 0.05) is 19.8 Å². The van der Waals surface area contributed by atoms with Crippen LogP contribution in [0.15, 0.2) is 12.1 Å². The molecule has 1 atom stereocenters. The van der Waals surface area contributed by atoms with Gasteiger partial charge in [0.2, 0.25) is 0 Å². The van der Waals surface area contributed by atoms with E-state index in [1.807, 2.05) is 0 Å². The molecule has 0 heterocycles. The molecular weight excluding hydrogens is 234 g/mol. The number of rotatable bonds is 8. The first-order valence-corrected chi connectivity index (χ1v) is 7.36. The highest BCUT2D eigenvalue weighted by Gasteiger charge is 2.09. The van der Waals surface area contributed by atoms with Gasteiger partial charge in [0.25, 0.3) is 0 Å². The van der Waals surface area contributed by atoms with Crippen molar-refractivity contribution in [3.8, 4) is 0 Å². The summed E-state index contributed by atoms with van der Waals surface area (Å²) in [5.74, 6) is 0. The number of unbranched alkanes of at least 4 members (excludes halogenated alkanes) is 2. The minimum atomic E-state index is 0.432. The lowest BCUT2D eigenvalue weighted by atomic mass is 9.96. The van der Waals surface area contributed by atoms with Crippen molar-refractivity contribution >= 4 is 0 Å². The van der Waals surface area contributed by atoms with E-state index < -0.39 is 0 Å². The molecule has 0 saturated heterocycles. The summed E-state index contributed by atoms with van der Waals surface area (Å²) in [4.78, 5) is 0. The van der Waals surface area contributed by atoms with Crippen LogP contribution < -0.4 is 5.32 Å². The van der Waals surface area contributed by atoms with Gasteiger partial charge in [0.05, 0.1) is 0 Å². The van der Waals surface area contributed by atoms with E-state index in [-0.39, 0.29) is 0 Å². The second-order valence-electron chi connectivity index (χ2n) is 5.52. The zero-order chi connectivity index (χ0) is 14.3. The number of aryl methyl sites for hydroxylation is 3. The highest BCUT2D eigenvalue weighted by atomic mass is 16.5. The fraction of sp³-hybridized carbons (Fsp3) is 0.647. The van der Waals surface area contributed by atoms with E-state index in [2.05, 4.69) is 45.1 Å². The first-order valence-electron chi connectivity index (χ1n) is 7.36. The van der Waals surface area contributed by atoms with E-state index in [0.717, 1.165) is 19.6 Å². The molecule has 19 heavy (non-hydrogen) atoms. The Bertz CT molecular complexity index is 387. The standard InChI is InChI=1S/C17H29NO/c1-13-11-15(3)17(12-14(13)2)16(4)18-9-7-6-8-10-19-5/h11-12,16,18H,6-10H2,1-5H3. The van der Waals surface area contributed by atoms with Gasteiger partial charge in [-0.05, 0) is 75.8 Å². The minimum Gasteiger partial charge on any atom is -0.385 e. The molecule has 0 saturated carbocycles. The van der Waals surface area contributed by atoms with Crippen molar-refractivity contribution in [3.63, 3.8) is 0 Å². The molecule has 0 bridgehead atoms. The van der Waals surface area contributed by atoms with Crippen molar-refractivity contribution < 1.29 is 4.74 Å². The van der Waals surface area contributed by atoms with Crippen LogP contribution in [0.2, 0.25) is 0 Å². The number of nitrogens with one attached hydrogen (secondary N) is 1. The Morgan fingerprint density at radius 1 is 1.00 bits per heavy atom. The molecule has 1 N–H and O–H groups in total. The van der Waals surface area contributed by atoms with Gasteiger partial charge in [-0.3, -0.25) is 0 Å². The molecule has 2 heteroatoms. The summed E-state index contributed by atoms with van der Waals surface area (Å²) >= 11 is 0. The zero-order valence-corrected chi connectivity index (χ0v) is 13.2. The Morgan fingerprint density at radius 3 is 2.37 bits per heavy atom. The Morgan fingerprint density at radius 2 is 1.68 bits per heavy atom. The molecule has 0 fully saturated rings. The summed E-state index contributed by atoms with van der Waals surface area (Å²) in [6, 6.07) is 5.05. The van der Waals surface area contributed by atoms with E-state index in [1.54, 1.807) is 7.11 Å². The van der Waals surface area contributed by atoms with Crippen molar-refractivity contribution in [1.82, 2.24) is 5.32 Å². The summed E-state index contributed by atoms with van der Waals surface area (Å²) in [7, 11) is 1.77. The van der Waals surface area contributed by atoms with E-state index >= 15 is 0 Å². The number of hydrogen-bond acceptors (Lipinski definition) is 2. The lowest BCUT2D eigenvalue weighted by Crippen LogP contribution is -2.21. The van der Waals surface area contributed by atoms with Crippen molar-refractivity contribution in [2.75, 3.05) is 20.3 Å². The average molecular weight is 263 g/mol. The molecule has 1 rings (SSSR count).